The number of nitrogens with zero attached hydrogens (tertiary/aromatic N) is 3. The molecule has 0 radical (unpaired) electrons. The smallest absolute Gasteiger partial charge is 0.129 e. The van der Waals surface area contributed by atoms with Crippen LogP contribution in [-0.4, -0.2) is 23.1 Å². The zero-order valence-corrected chi connectivity index (χ0v) is 11.5. The summed E-state index contributed by atoms with van der Waals surface area (Å²) in [4.78, 5) is 11.0. The van der Waals surface area contributed by atoms with Gasteiger partial charge in [0.1, 0.15) is 5.15 Å². The Morgan fingerprint density at radius 2 is 1.74 bits per heavy atom. The molecule has 3 rings (SSSR count). The quantitative estimate of drug-likeness (QED) is 0.780. The van der Waals surface area contributed by atoms with E-state index >= 15 is 0 Å². The van der Waals surface area contributed by atoms with Crippen molar-refractivity contribution in [3.8, 4) is 11.3 Å². The Bertz CT molecular complexity index is 530. The standard InChI is InChI=1S/C15H16ClN3/c16-15-7-4-12(10-18-15)14-6-5-13(11-17-14)19-8-2-1-3-9-19/h4-7,10-11H,1-3,8-9H2. The van der Waals surface area contributed by atoms with E-state index in [4.69, 9.17) is 11.6 Å². The van der Waals surface area contributed by atoms with Crippen molar-refractivity contribution in [3.63, 3.8) is 0 Å². The van der Waals surface area contributed by atoms with Crippen molar-refractivity contribution in [1.29, 1.82) is 0 Å². The first-order valence-electron chi connectivity index (χ1n) is 6.66. The van der Waals surface area contributed by atoms with Gasteiger partial charge >= 0.3 is 0 Å². The topological polar surface area (TPSA) is 29.0 Å². The molecule has 0 aromatic carbocycles. The van der Waals surface area contributed by atoms with E-state index < -0.39 is 0 Å². The van der Waals surface area contributed by atoms with Crippen LogP contribution < -0.4 is 4.90 Å². The average molecular weight is 274 g/mol. The van der Waals surface area contributed by atoms with E-state index in [9.17, 15) is 0 Å². The van der Waals surface area contributed by atoms with Crippen LogP contribution in [0.4, 0.5) is 5.69 Å². The summed E-state index contributed by atoms with van der Waals surface area (Å²) in [5.41, 5.74) is 3.14. The Kier molecular flexibility index (Phi) is 3.65. The molecule has 4 heteroatoms. The number of rotatable bonds is 2. The molecule has 0 aliphatic carbocycles. The predicted molar refractivity (Wildman–Crippen MR) is 78.5 cm³/mol. The highest BCUT2D eigenvalue weighted by molar-refractivity contribution is 6.29. The summed E-state index contributed by atoms with van der Waals surface area (Å²) < 4.78 is 0. The van der Waals surface area contributed by atoms with Gasteiger partial charge in [-0.25, -0.2) is 4.98 Å². The number of halogens is 1. The third-order valence-electron chi connectivity index (χ3n) is 3.49. The minimum atomic E-state index is 0.508. The zero-order valence-electron chi connectivity index (χ0n) is 10.7. The normalized spacial score (nSPS) is 15.5. The van der Waals surface area contributed by atoms with Crippen molar-refractivity contribution in [1.82, 2.24) is 9.97 Å². The van der Waals surface area contributed by atoms with Crippen LogP contribution in [0.3, 0.4) is 0 Å². The third-order valence-corrected chi connectivity index (χ3v) is 3.72. The summed E-state index contributed by atoms with van der Waals surface area (Å²) in [6.07, 6.45) is 7.62. The highest BCUT2D eigenvalue weighted by Crippen LogP contribution is 2.22. The van der Waals surface area contributed by atoms with E-state index in [-0.39, 0.29) is 0 Å². The summed E-state index contributed by atoms with van der Waals surface area (Å²) in [6, 6.07) is 7.92. The van der Waals surface area contributed by atoms with E-state index in [1.807, 2.05) is 12.3 Å². The molecular weight excluding hydrogens is 258 g/mol. The van der Waals surface area contributed by atoms with Gasteiger partial charge in [-0.15, -0.1) is 0 Å². The summed E-state index contributed by atoms with van der Waals surface area (Å²) in [6.45, 7) is 2.28. The molecule has 2 aromatic heterocycles. The summed E-state index contributed by atoms with van der Waals surface area (Å²) in [5.74, 6) is 0. The van der Waals surface area contributed by atoms with Crippen molar-refractivity contribution in [2.75, 3.05) is 18.0 Å². The monoisotopic (exact) mass is 273 g/mol. The summed E-state index contributed by atoms with van der Waals surface area (Å²) >= 11 is 5.79. The number of aromatic nitrogens is 2. The SMILES string of the molecule is Clc1ccc(-c2ccc(N3CCCCC3)cn2)cn1. The number of pyridine rings is 2. The highest BCUT2D eigenvalue weighted by Gasteiger charge is 2.11. The summed E-state index contributed by atoms with van der Waals surface area (Å²) in [7, 11) is 0. The van der Waals surface area contributed by atoms with Gasteiger partial charge in [0.05, 0.1) is 17.6 Å². The molecule has 0 N–H and O–H groups in total. The van der Waals surface area contributed by atoms with Crippen LogP contribution in [-0.2, 0) is 0 Å². The van der Waals surface area contributed by atoms with Crippen molar-refractivity contribution >= 4 is 17.3 Å². The maximum atomic E-state index is 5.79. The average Bonchev–Trinajstić information content (AvgIpc) is 2.49. The minimum absolute atomic E-state index is 0.508. The van der Waals surface area contributed by atoms with Gasteiger partial charge in [0.2, 0.25) is 0 Å². The molecule has 1 aliphatic heterocycles. The predicted octanol–water partition coefficient (Wildman–Crippen LogP) is 3.79. The molecule has 0 bridgehead atoms. The molecule has 1 aliphatic rings. The molecule has 1 saturated heterocycles. The number of hydrogen-bond acceptors (Lipinski definition) is 3. The molecule has 0 atom stereocenters. The van der Waals surface area contributed by atoms with E-state index in [1.165, 1.54) is 24.9 Å². The number of anilines is 1. The lowest BCUT2D eigenvalue weighted by Crippen LogP contribution is -2.29. The molecule has 0 saturated carbocycles. The van der Waals surface area contributed by atoms with E-state index in [1.54, 1.807) is 12.3 Å². The zero-order chi connectivity index (χ0) is 13.1. The first-order valence-corrected chi connectivity index (χ1v) is 7.04. The Labute approximate surface area is 118 Å². The van der Waals surface area contributed by atoms with Crippen molar-refractivity contribution < 1.29 is 0 Å². The second-order valence-corrected chi connectivity index (χ2v) is 5.21. The van der Waals surface area contributed by atoms with Gasteiger partial charge in [0.15, 0.2) is 0 Å². The molecule has 0 unspecified atom stereocenters. The van der Waals surface area contributed by atoms with Crippen LogP contribution >= 0.6 is 11.6 Å². The Balaban J connectivity index is 1.80. The fraction of sp³-hybridized carbons (Fsp3) is 0.333. The van der Waals surface area contributed by atoms with Gasteiger partial charge in [-0.1, -0.05) is 11.6 Å². The van der Waals surface area contributed by atoms with Gasteiger partial charge < -0.3 is 4.90 Å². The fourth-order valence-electron chi connectivity index (χ4n) is 2.42. The van der Waals surface area contributed by atoms with Crippen molar-refractivity contribution in [2.45, 2.75) is 19.3 Å². The number of piperidine rings is 1. The first-order chi connectivity index (χ1) is 9.33. The molecule has 19 heavy (non-hydrogen) atoms. The van der Waals surface area contributed by atoms with Crippen LogP contribution in [0, 0.1) is 0 Å². The number of hydrogen-bond donors (Lipinski definition) is 0. The van der Waals surface area contributed by atoms with Crippen LogP contribution in [0.1, 0.15) is 19.3 Å². The molecular formula is C15H16ClN3. The van der Waals surface area contributed by atoms with E-state index in [0.717, 1.165) is 24.3 Å². The minimum Gasteiger partial charge on any atom is -0.370 e. The molecule has 0 amide bonds. The van der Waals surface area contributed by atoms with Gasteiger partial charge in [-0.2, -0.15) is 0 Å². The van der Waals surface area contributed by atoms with Gasteiger partial charge in [0, 0.05) is 24.8 Å². The van der Waals surface area contributed by atoms with E-state index in [2.05, 4.69) is 27.0 Å². The van der Waals surface area contributed by atoms with Crippen molar-refractivity contribution in [2.24, 2.45) is 0 Å². The van der Waals surface area contributed by atoms with Gasteiger partial charge in [0.25, 0.3) is 0 Å². The van der Waals surface area contributed by atoms with Gasteiger partial charge in [-0.05, 0) is 43.5 Å². The Morgan fingerprint density at radius 1 is 0.895 bits per heavy atom. The molecule has 98 valence electrons. The van der Waals surface area contributed by atoms with Gasteiger partial charge in [-0.3, -0.25) is 4.98 Å². The van der Waals surface area contributed by atoms with Crippen LogP contribution in [0.25, 0.3) is 11.3 Å². The Morgan fingerprint density at radius 3 is 2.37 bits per heavy atom. The Hall–Kier alpha value is -1.61. The molecule has 3 heterocycles. The second kappa shape index (κ2) is 5.57. The molecule has 2 aromatic rings. The first kappa shape index (κ1) is 12.4. The molecule has 3 nitrogen and oxygen atoms in total. The van der Waals surface area contributed by atoms with Crippen LogP contribution in [0.5, 0.6) is 0 Å². The highest BCUT2D eigenvalue weighted by atomic mass is 35.5. The van der Waals surface area contributed by atoms with Crippen LogP contribution in [0.2, 0.25) is 5.15 Å². The largest absolute Gasteiger partial charge is 0.370 e. The van der Waals surface area contributed by atoms with Crippen molar-refractivity contribution in [3.05, 3.63) is 41.8 Å². The lowest BCUT2D eigenvalue weighted by Gasteiger charge is -2.28. The maximum absolute atomic E-state index is 5.79. The maximum Gasteiger partial charge on any atom is 0.129 e. The second-order valence-electron chi connectivity index (χ2n) is 4.82. The van der Waals surface area contributed by atoms with Crippen LogP contribution in [0.15, 0.2) is 36.7 Å². The third kappa shape index (κ3) is 2.87. The lowest BCUT2D eigenvalue weighted by molar-refractivity contribution is 0.577. The summed E-state index contributed by atoms with van der Waals surface area (Å²) in [5, 5.41) is 0.508. The molecule has 0 spiro atoms. The fourth-order valence-corrected chi connectivity index (χ4v) is 2.54. The van der Waals surface area contributed by atoms with E-state index in [0.29, 0.717) is 5.15 Å². The lowest BCUT2D eigenvalue weighted by atomic mass is 10.1. The molecule has 1 fully saturated rings.